The van der Waals surface area contributed by atoms with E-state index in [0.29, 0.717) is 12.1 Å². The van der Waals surface area contributed by atoms with Crippen LogP contribution in [0.1, 0.15) is 38.8 Å². The van der Waals surface area contributed by atoms with Crippen molar-refractivity contribution < 1.29 is 29.4 Å². The lowest BCUT2D eigenvalue weighted by Crippen LogP contribution is -2.55. The van der Waals surface area contributed by atoms with Gasteiger partial charge in [-0.3, -0.25) is 14.4 Å². The van der Waals surface area contributed by atoms with Crippen molar-refractivity contribution in [3.05, 3.63) is 18.2 Å². The van der Waals surface area contributed by atoms with Crippen molar-refractivity contribution in [2.75, 3.05) is 0 Å². The molecule has 0 aliphatic heterocycles. The molecule has 0 unspecified atom stereocenters. The summed E-state index contributed by atoms with van der Waals surface area (Å²) < 4.78 is 0. The van der Waals surface area contributed by atoms with Crippen LogP contribution in [-0.4, -0.2) is 62.1 Å². The maximum atomic E-state index is 12.6. The predicted molar refractivity (Wildman–Crippen MR) is 98.1 cm³/mol. The van der Waals surface area contributed by atoms with Crippen LogP contribution in [0.2, 0.25) is 0 Å². The lowest BCUT2D eigenvalue weighted by molar-refractivity contribution is -0.143. The molecule has 156 valence electrons. The fraction of sp³-hybridized carbons (Fsp3) is 0.588. The number of H-pyrrole nitrogens is 1. The molecule has 1 aromatic rings. The first-order valence-electron chi connectivity index (χ1n) is 8.88. The third-order valence-corrected chi connectivity index (χ3v) is 3.94. The first-order chi connectivity index (χ1) is 13.1. The summed E-state index contributed by atoms with van der Waals surface area (Å²) in [4.78, 5) is 53.6. The number of rotatable bonds is 12. The highest BCUT2D eigenvalue weighted by Crippen LogP contribution is 2.06. The molecule has 2 amide bonds. The van der Waals surface area contributed by atoms with E-state index >= 15 is 0 Å². The van der Waals surface area contributed by atoms with Crippen molar-refractivity contribution in [2.45, 2.75) is 57.7 Å². The fourth-order valence-corrected chi connectivity index (χ4v) is 2.52. The van der Waals surface area contributed by atoms with Crippen molar-refractivity contribution >= 4 is 23.8 Å². The average Bonchev–Trinajstić information content (AvgIpc) is 3.09. The molecule has 0 aliphatic rings. The standard InChI is InChI=1S/C17H27N5O6/c1-9(2)5-11(18)15(25)22-13(6-10-7-19-8-20-10)16(26)21-12(17(27)28)3-4-14(23)24/h7-9,11-13H,3-6,18H2,1-2H3,(H,19,20)(H,21,26)(H,22,25)(H,23,24)(H,27,28)/t11-,12-,13-/m0/s1. The molecule has 1 rings (SSSR count). The van der Waals surface area contributed by atoms with Crippen LogP contribution in [-0.2, 0) is 25.6 Å². The van der Waals surface area contributed by atoms with Crippen molar-refractivity contribution in [3.63, 3.8) is 0 Å². The highest BCUT2D eigenvalue weighted by molar-refractivity contribution is 5.92. The topological polar surface area (TPSA) is 187 Å². The third-order valence-electron chi connectivity index (χ3n) is 3.94. The summed E-state index contributed by atoms with van der Waals surface area (Å²) in [6.45, 7) is 3.81. The Bertz CT molecular complexity index is 676. The summed E-state index contributed by atoms with van der Waals surface area (Å²) in [6, 6.07) is -3.31. The quantitative estimate of drug-likeness (QED) is 0.265. The lowest BCUT2D eigenvalue weighted by Gasteiger charge is -2.23. The van der Waals surface area contributed by atoms with Gasteiger partial charge in [-0.05, 0) is 18.8 Å². The van der Waals surface area contributed by atoms with Crippen LogP contribution in [0.15, 0.2) is 12.5 Å². The predicted octanol–water partition coefficient (Wildman–Crippen LogP) is -0.755. The number of carbonyl (C=O) groups is 4. The first-order valence-corrected chi connectivity index (χ1v) is 8.88. The number of nitrogens with two attached hydrogens (primary N) is 1. The Morgan fingerprint density at radius 1 is 1.14 bits per heavy atom. The summed E-state index contributed by atoms with van der Waals surface area (Å²) in [5.74, 6) is -3.66. The van der Waals surface area contributed by atoms with Crippen LogP contribution in [0.3, 0.4) is 0 Å². The van der Waals surface area contributed by atoms with Gasteiger partial charge in [-0.15, -0.1) is 0 Å². The average molecular weight is 397 g/mol. The van der Waals surface area contributed by atoms with E-state index in [2.05, 4.69) is 20.6 Å². The van der Waals surface area contributed by atoms with Gasteiger partial charge in [0, 0.05) is 24.7 Å². The Morgan fingerprint density at radius 3 is 2.29 bits per heavy atom. The second-order valence-corrected chi connectivity index (χ2v) is 6.91. The van der Waals surface area contributed by atoms with Gasteiger partial charge in [-0.2, -0.15) is 0 Å². The second-order valence-electron chi connectivity index (χ2n) is 6.91. The molecule has 0 fully saturated rings. The van der Waals surface area contributed by atoms with Gasteiger partial charge in [0.2, 0.25) is 11.8 Å². The van der Waals surface area contributed by atoms with Gasteiger partial charge in [0.25, 0.3) is 0 Å². The smallest absolute Gasteiger partial charge is 0.326 e. The summed E-state index contributed by atoms with van der Waals surface area (Å²) in [5, 5.41) is 22.7. The molecule has 7 N–H and O–H groups in total. The molecule has 0 saturated heterocycles. The fourth-order valence-electron chi connectivity index (χ4n) is 2.52. The Hall–Kier alpha value is -2.95. The number of imidazole rings is 1. The van der Waals surface area contributed by atoms with Crippen molar-refractivity contribution in [1.82, 2.24) is 20.6 Å². The molecule has 1 heterocycles. The van der Waals surface area contributed by atoms with E-state index in [0.717, 1.165) is 0 Å². The molecule has 28 heavy (non-hydrogen) atoms. The van der Waals surface area contributed by atoms with E-state index in [1.807, 2.05) is 13.8 Å². The number of amides is 2. The van der Waals surface area contributed by atoms with Crippen LogP contribution in [0, 0.1) is 5.92 Å². The van der Waals surface area contributed by atoms with Crippen molar-refractivity contribution in [1.29, 1.82) is 0 Å². The number of aliphatic carboxylic acids is 2. The molecule has 11 nitrogen and oxygen atoms in total. The molecule has 0 saturated carbocycles. The monoisotopic (exact) mass is 397 g/mol. The Morgan fingerprint density at radius 2 is 1.79 bits per heavy atom. The van der Waals surface area contributed by atoms with Crippen molar-refractivity contribution in [2.24, 2.45) is 11.7 Å². The minimum atomic E-state index is -1.39. The number of aromatic nitrogens is 2. The zero-order valence-corrected chi connectivity index (χ0v) is 15.8. The molecule has 0 radical (unpaired) electrons. The van der Waals surface area contributed by atoms with E-state index in [4.69, 9.17) is 10.8 Å². The maximum absolute atomic E-state index is 12.6. The highest BCUT2D eigenvalue weighted by Gasteiger charge is 2.29. The number of hydrogen-bond donors (Lipinski definition) is 6. The summed E-state index contributed by atoms with van der Waals surface area (Å²) >= 11 is 0. The molecule has 3 atom stereocenters. The molecule has 11 heteroatoms. The van der Waals surface area contributed by atoms with E-state index in [-0.39, 0.29) is 18.8 Å². The Labute approximate surface area is 162 Å². The minimum Gasteiger partial charge on any atom is -0.481 e. The van der Waals surface area contributed by atoms with E-state index in [1.165, 1.54) is 12.5 Å². The van der Waals surface area contributed by atoms with Gasteiger partial charge in [0.05, 0.1) is 12.4 Å². The largest absolute Gasteiger partial charge is 0.481 e. The van der Waals surface area contributed by atoms with E-state index < -0.39 is 48.3 Å². The van der Waals surface area contributed by atoms with Crippen LogP contribution in [0.4, 0.5) is 0 Å². The lowest BCUT2D eigenvalue weighted by atomic mass is 10.0. The number of nitrogens with one attached hydrogen (secondary N) is 3. The van der Waals surface area contributed by atoms with Gasteiger partial charge < -0.3 is 31.6 Å². The molecule has 0 aliphatic carbocycles. The molecule has 1 aromatic heterocycles. The number of aromatic amines is 1. The maximum Gasteiger partial charge on any atom is 0.326 e. The minimum absolute atomic E-state index is 0.0389. The highest BCUT2D eigenvalue weighted by atomic mass is 16.4. The van der Waals surface area contributed by atoms with Crippen molar-refractivity contribution in [3.8, 4) is 0 Å². The SMILES string of the molecule is CC(C)C[C@H](N)C(=O)N[C@@H](Cc1cnc[nH]1)C(=O)N[C@@H](CCC(=O)O)C(=O)O. The van der Waals surface area contributed by atoms with Crippen LogP contribution < -0.4 is 16.4 Å². The zero-order chi connectivity index (χ0) is 21.3. The number of carboxylic acid groups (broad SMARTS) is 2. The molecule has 0 aromatic carbocycles. The molecular weight excluding hydrogens is 370 g/mol. The number of carboxylic acids is 2. The summed E-state index contributed by atoms with van der Waals surface area (Å²) in [7, 11) is 0. The number of carbonyl (C=O) groups excluding carboxylic acids is 2. The molecule has 0 spiro atoms. The summed E-state index contributed by atoms with van der Waals surface area (Å²) in [5.41, 5.74) is 6.40. The Kier molecular flexibility index (Phi) is 9.09. The van der Waals surface area contributed by atoms with Gasteiger partial charge in [-0.1, -0.05) is 13.8 Å². The number of nitrogens with zero attached hydrogens (tertiary/aromatic N) is 1. The molecule has 0 bridgehead atoms. The van der Waals surface area contributed by atoms with Crippen LogP contribution >= 0.6 is 0 Å². The zero-order valence-electron chi connectivity index (χ0n) is 15.8. The third kappa shape index (κ3) is 8.16. The van der Waals surface area contributed by atoms with Crippen LogP contribution in [0.25, 0.3) is 0 Å². The van der Waals surface area contributed by atoms with E-state index in [9.17, 15) is 24.3 Å². The summed E-state index contributed by atoms with van der Waals surface area (Å²) in [6.07, 6.45) is 2.63. The number of hydrogen-bond acceptors (Lipinski definition) is 6. The van der Waals surface area contributed by atoms with Gasteiger partial charge >= 0.3 is 11.9 Å². The van der Waals surface area contributed by atoms with Crippen LogP contribution in [0.5, 0.6) is 0 Å². The normalized spacial score (nSPS) is 14.1. The van der Waals surface area contributed by atoms with Gasteiger partial charge in [-0.25, -0.2) is 9.78 Å². The van der Waals surface area contributed by atoms with Gasteiger partial charge in [0.1, 0.15) is 12.1 Å². The Balaban J connectivity index is 2.87. The molecular formula is C17H27N5O6. The van der Waals surface area contributed by atoms with E-state index in [1.54, 1.807) is 0 Å². The van der Waals surface area contributed by atoms with Gasteiger partial charge in [0.15, 0.2) is 0 Å². The first kappa shape index (κ1) is 23.1. The second kappa shape index (κ2) is 11.0.